The third-order valence-electron chi connectivity index (χ3n) is 1.53. The summed E-state index contributed by atoms with van der Waals surface area (Å²) in [5.74, 6) is -0.454. The summed E-state index contributed by atoms with van der Waals surface area (Å²) in [4.78, 5) is 11.1. The van der Waals surface area contributed by atoms with E-state index in [-0.39, 0.29) is 12.3 Å². The van der Waals surface area contributed by atoms with Crippen molar-refractivity contribution in [1.29, 1.82) is 0 Å². The molecule has 84 valence electrons. The fourth-order valence-electron chi connectivity index (χ4n) is 0.753. The number of carbonyl (C=O) groups is 1. The lowest BCUT2D eigenvalue weighted by atomic mass is 10.1. The number of aliphatic hydroxyl groups is 1. The molecule has 0 saturated heterocycles. The van der Waals surface area contributed by atoms with Crippen molar-refractivity contribution in [3.63, 3.8) is 0 Å². The minimum absolute atomic E-state index is 0.0408. The van der Waals surface area contributed by atoms with Crippen LogP contribution in [0.3, 0.4) is 0 Å². The average Bonchev–Trinajstić information content (AvgIpc) is 1.93. The lowest BCUT2D eigenvalue weighted by Gasteiger charge is -2.16. The second-order valence-electron chi connectivity index (χ2n) is 3.80. The van der Waals surface area contributed by atoms with Gasteiger partial charge in [-0.15, -0.1) is 0 Å². The van der Waals surface area contributed by atoms with Gasteiger partial charge >= 0.3 is 0 Å². The van der Waals surface area contributed by atoms with Gasteiger partial charge in [0.25, 0.3) is 5.91 Å². The van der Waals surface area contributed by atoms with Crippen molar-refractivity contribution in [2.24, 2.45) is 0 Å². The minimum Gasteiger partial charge on any atom is -0.381 e. The normalized spacial score (nSPS) is 12.6. The number of amides is 1. The zero-order valence-electron chi connectivity index (χ0n) is 8.70. The summed E-state index contributed by atoms with van der Waals surface area (Å²) in [6.45, 7) is 3.01. The van der Waals surface area contributed by atoms with Crippen LogP contribution in [-0.4, -0.2) is 43.6 Å². The number of hydrogen-bond donors (Lipinski definition) is 2. The number of hydrogen-bond acceptors (Lipinski definition) is 4. The molecule has 0 bridgehead atoms. The van der Waals surface area contributed by atoms with Gasteiger partial charge < -0.3 is 10.4 Å². The van der Waals surface area contributed by atoms with Crippen LogP contribution in [0, 0.1) is 0 Å². The summed E-state index contributed by atoms with van der Waals surface area (Å²) < 4.78 is 21.4. The second kappa shape index (κ2) is 4.75. The van der Waals surface area contributed by atoms with Gasteiger partial charge in [-0.25, -0.2) is 8.42 Å². The maximum Gasteiger partial charge on any atom is 0.251 e. The van der Waals surface area contributed by atoms with Gasteiger partial charge in [-0.2, -0.15) is 0 Å². The molecule has 14 heavy (non-hydrogen) atoms. The Bertz CT molecular complexity index is 289. The first kappa shape index (κ1) is 13.4. The van der Waals surface area contributed by atoms with Crippen LogP contribution in [0.25, 0.3) is 0 Å². The predicted octanol–water partition coefficient (Wildman–Crippen LogP) is -0.692. The van der Waals surface area contributed by atoms with Crippen molar-refractivity contribution in [1.82, 2.24) is 5.32 Å². The Balaban J connectivity index is 3.72. The summed E-state index contributed by atoms with van der Waals surface area (Å²) in [6, 6.07) is 0. The highest BCUT2D eigenvalue weighted by molar-refractivity contribution is 7.90. The molecule has 0 rings (SSSR count). The predicted molar refractivity (Wildman–Crippen MR) is 53.6 cm³/mol. The Morgan fingerprint density at radius 2 is 1.93 bits per heavy atom. The molecule has 0 radical (unpaired) electrons. The van der Waals surface area contributed by atoms with Crippen molar-refractivity contribution < 1.29 is 18.3 Å². The second-order valence-corrected chi connectivity index (χ2v) is 6.06. The van der Waals surface area contributed by atoms with Crippen LogP contribution in [0.5, 0.6) is 0 Å². The van der Waals surface area contributed by atoms with Gasteiger partial charge in [0.1, 0.15) is 15.4 Å². The highest BCUT2D eigenvalue weighted by atomic mass is 32.2. The standard InChI is InChI=1S/C8H17NO4S/c1-8(2,11)7(10)9-5-4-6-14(3,12)13/h11H,4-6H2,1-3H3,(H,9,10). The fourth-order valence-corrected chi connectivity index (χ4v) is 1.42. The first-order valence-corrected chi connectivity index (χ1v) is 6.37. The Hall–Kier alpha value is -0.620. The molecule has 5 nitrogen and oxygen atoms in total. The molecule has 0 unspecified atom stereocenters. The molecule has 0 aliphatic rings. The third-order valence-corrected chi connectivity index (χ3v) is 2.56. The molecule has 0 aliphatic heterocycles. The van der Waals surface area contributed by atoms with Crippen LogP contribution in [0.2, 0.25) is 0 Å². The van der Waals surface area contributed by atoms with E-state index in [0.717, 1.165) is 6.26 Å². The van der Waals surface area contributed by atoms with Gasteiger partial charge in [0.15, 0.2) is 0 Å². The zero-order chi connectivity index (χ0) is 11.4. The Morgan fingerprint density at radius 3 is 2.29 bits per heavy atom. The van der Waals surface area contributed by atoms with E-state index in [1.165, 1.54) is 13.8 Å². The molecule has 0 spiro atoms. The molecule has 1 amide bonds. The first-order chi connectivity index (χ1) is 6.13. The van der Waals surface area contributed by atoms with Crippen molar-refractivity contribution in [2.45, 2.75) is 25.9 Å². The number of nitrogens with one attached hydrogen (secondary N) is 1. The Labute approximate surface area is 84.4 Å². The maximum atomic E-state index is 11.1. The molecule has 0 aromatic heterocycles. The van der Waals surface area contributed by atoms with Crippen LogP contribution in [0.1, 0.15) is 20.3 Å². The van der Waals surface area contributed by atoms with E-state index in [1.54, 1.807) is 0 Å². The Morgan fingerprint density at radius 1 is 1.43 bits per heavy atom. The smallest absolute Gasteiger partial charge is 0.251 e. The highest BCUT2D eigenvalue weighted by Gasteiger charge is 2.22. The van der Waals surface area contributed by atoms with Crippen LogP contribution in [-0.2, 0) is 14.6 Å². The van der Waals surface area contributed by atoms with E-state index < -0.39 is 21.3 Å². The maximum absolute atomic E-state index is 11.1. The zero-order valence-corrected chi connectivity index (χ0v) is 9.52. The topological polar surface area (TPSA) is 83.5 Å². The molecule has 0 fully saturated rings. The number of sulfone groups is 1. The monoisotopic (exact) mass is 223 g/mol. The summed E-state index contributed by atoms with van der Waals surface area (Å²) in [5.41, 5.74) is -1.41. The van der Waals surface area contributed by atoms with Gasteiger partial charge in [-0.05, 0) is 20.3 Å². The molecule has 2 N–H and O–H groups in total. The van der Waals surface area contributed by atoms with Gasteiger partial charge in [0, 0.05) is 12.8 Å². The van der Waals surface area contributed by atoms with E-state index in [9.17, 15) is 18.3 Å². The number of rotatable bonds is 5. The van der Waals surface area contributed by atoms with Gasteiger partial charge in [0.05, 0.1) is 5.75 Å². The van der Waals surface area contributed by atoms with Gasteiger partial charge in [-0.1, -0.05) is 0 Å². The van der Waals surface area contributed by atoms with Crippen molar-refractivity contribution >= 4 is 15.7 Å². The van der Waals surface area contributed by atoms with Gasteiger partial charge in [-0.3, -0.25) is 4.79 Å². The number of carbonyl (C=O) groups excluding carboxylic acids is 1. The van der Waals surface area contributed by atoms with Crippen molar-refractivity contribution in [3.05, 3.63) is 0 Å². The molecular formula is C8H17NO4S. The fraction of sp³-hybridized carbons (Fsp3) is 0.875. The summed E-state index contributed by atoms with van der Waals surface area (Å²) in [6.07, 6.45) is 1.51. The highest BCUT2D eigenvalue weighted by Crippen LogP contribution is 1.99. The molecule has 6 heteroatoms. The van der Waals surface area contributed by atoms with Crippen LogP contribution in [0.4, 0.5) is 0 Å². The lowest BCUT2D eigenvalue weighted by Crippen LogP contribution is -2.42. The van der Waals surface area contributed by atoms with Crippen LogP contribution < -0.4 is 5.32 Å². The van der Waals surface area contributed by atoms with Crippen LogP contribution >= 0.6 is 0 Å². The average molecular weight is 223 g/mol. The van der Waals surface area contributed by atoms with E-state index in [4.69, 9.17) is 0 Å². The van der Waals surface area contributed by atoms with E-state index in [2.05, 4.69) is 5.32 Å². The van der Waals surface area contributed by atoms with Crippen LogP contribution in [0.15, 0.2) is 0 Å². The van der Waals surface area contributed by atoms with E-state index >= 15 is 0 Å². The molecular weight excluding hydrogens is 206 g/mol. The lowest BCUT2D eigenvalue weighted by molar-refractivity contribution is -0.136. The molecule has 0 atom stereocenters. The molecule has 0 heterocycles. The minimum atomic E-state index is -2.97. The van der Waals surface area contributed by atoms with Gasteiger partial charge in [0.2, 0.25) is 0 Å². The summed E-state index contributed by atoms with van der Waals surface area (Å²) >= 11 is 0. The summed E-state index contributed by atoms with van der Waals surface area (Å²) in [5, 5.41) is 11.7. The van der Waals surface area contributed by atoms with Crippen molar-refractivity contribution in [3.8, 4) is 0 Å². The van der Waals surface area contributed by atoms with E-state index in [1.807, 2.05) is 0 Å². The quantitative estimate of drug-likeness (QED) is 0.604. The Kier molecular flexibility index (Phi) is 4.54. The summed E-state index contributed by atoms with van der Waals surface area (Å²) in [7, 11) is -2.97. The van der Waals surface area contributed by atoms with E-state index in [0.29, 0.717) is 6.42 Å². The SMILES string of the molecule is CC(C)(O)C(=O)NCCCS(C)(=O)=O. The first-order valence-electron chi connectivity index (χ1n) is 4.31. The molecule has 0 aromatic carbocycles. The third kappa shape index (κ3) is 6.85. The molecule has 0 aliphatic carbocycles. The molecule has 0 saturated carbocycles. The molecule has 0 aromatic rings. The van der Waals surface area contributed by atoms with Crippen molar-refractivity contribution in [2.75, 3.05) is 18.6 Å². The largest absolute Gasteiger partial charge is 0.381 e.